The summed E-state index contributed by atoms with van der Waals surface area (Å²) in [5.41, 5.74) is 1.07. The number of ether oxygens (including phenoxy) is 1. The number of rotatable bonds is 7. The Labute approximate surface area is 194 Å². The molecule has 3 rings (SSSR count). The third-order valence-corrected chi connectivity index (χ3v) is 11.6. The molecule has 0 heterocycles. The molecule has 0 spiro atoms. The molecule has 0 aromatic heterocycles. The zero-order valence-corrected chi connectivity index (χ0v) is 21.0. The van der Waals surface area contributed by atoms with E-state index >= 15 is 0 Å². The van der Waals surface area contributed by atoms with Crippen molar-refractivity contribution in [1.29, 1.82) is 0 Å². The summed E-state index contributed by atoms with van der Waals surface area (Å²) in [4.78, 5) is 11.8. The lowest BCUT2D eigenvalue weighted by molar-refractivity contribution is -0.134. The van der Waals surface area contributed by atoms with Gasteiger partial charge in [-0.1, -0.05) is 99.2 Å². The smallest absolute Gasteiger partial charge is 0.330 e. The van der Waals surface area contributed by atoms with Crippen molar-refractivity contribution >= 4 is 24.7 Å². The van der Waals surface area contributed by atoms with Crippen molar-refractivity contribution in [3.63, 3.8) is 0 Å². The maximum Gasteiger partial charge on any atom is 0.330 e. The van der Waals surface area contributed by atoms with E-state index in [0.717, 1.165) is 18.4 Å². The molecule has 0 saturated carbocycles. The van der Waals surface area contributed by atoms with Crippen molar-refractivity contribution in [2.24, 2.45) is 11.8 Å². The highest BCUT2D eigenvalue weighted by Gasteiger charge is 2.50. The van der Waals surface area contributed by atoms with Crippen LogP contribution in [0.3, 0.4) is 0 Å². The number of carbonyl (C=O) groups excluding carboxylic acids is 1. The molecule has 0 aliphatic heterocycles. The molecule has 3 nitrogen and oxygen atoms in total. The minimum absolute atomic E-state index is 0.0490. The minimum atomic E-state index is -2.57. The van der Waals surface area contributed by atoms with E-state index in [-0.39, 0.29) is 16.9 Å². The fourth-order valence-corrected chi connectivity index (χ4v) is 9.58. The number of carbonyl (C=O) groups is 1. The largest absolute Gasteiger partial charge is 0.466 e. The minimum Gasteiger partial charge on any atom is -0.466 e. The number of hydrogen-bond donors (Lipinski definition) is 0. The molecule has 0 unspecified atom stereocenters. The quantitative estimate of drug-likeness (QED) is 0.251. The zero-order chi connectivity index (χ0) is 23.2. The Morgan fingerprint density at radius 3 is 2.00 bits per heavy atom. The van der Waals surface area contributed by atoms with Crippen molar-refractivity contribution in [2.45, 2.75) is 45.6 Å². The van der Waals surface area contributed by atoms with Gasteiger partial charge in [-0.2, -0.15) is 0 Å². The van der Waals surface area contributed by atoms with Crippen LogP contribution in [0.5, 0.6) is 0 Å². The monoisotopic (exact) mass is 448 g/mol. The maximum absolute atomic E-state index is 11.8. The molecular formula is C28H36O3Si. The number of esters is 1. The topological polar surface area (TPSA) is 35.5 Å². The van der Waals surface area contributed by atoms with Crippen LogP contribution in [0.25, 0.3) is 0 Å². The van der Waals surface area contributed by atoms with E-state index in [9.17, 15) is 4.79 Å². The average molecular weight is 449 g/mol. The lowest BCUT2D eigenvalue weighted by Gasteiger charge is -2.44. The van der Waals surface area contributed by atoms with Gasteiger partial charge >= 0.3 is 5.97 Å². The lowest BCUT2D eigenvalue weighted by Crippen LogP contribution is -2.67. The van der Waals surface area contributed by atoms with Crippen LogP contribution in [0.15, 0.2) is 84.5 Å². The second kappa shape index (κ2) is 10.5. The highest BCUT2D eigenvalue weighted by Crippen LogP contribution is 2.39. The van der Waals surface area contributed by atoms with E-state index in [2.05, 4.69) is 93.6 Å². The van der Waals surface area contributed by atoms with Gasteiger partial charge in [0.1, 0.15) is 0 Å². The predicted octanol–water partition coefficient (Wildman–Crippen LogP) is 5.26. The molecule has 0 fully saturated rings. The molecule has 1 aliphatic carbocycles. The van der Waals surface area contributed by atoms with Gasteiger partial charge in [-0.15, -0.1) is 0 Å². The van der Waals surface area contributed by atoms with Gasteiger partial charge in [0.05, 0.1) is 7.11 Å². The highest BCUT2D eigenvalue weighted by atomic mass is 28.4. The molecule has 2 atom stereocenters. The van der Waals surface area contributed by atoms with E-state index in [1.165, 1.54) is 17.5 Å². The summed E-state index contributed by atoms with van der Waals surface area (Å²) >= 11 is 0. The molecule has 0 bridgehead atoms. The van der Waals surface area contributed by atoms with Crippen LogP contribution in [0.4, 0.5) is 0 Å². The van der Waals surface area contributed by atoms with Crippen LogP contribution in [0.2, 0.25) is 5.04 Å². The van der Waals surface area contributed by atoms with Crippen molar-refractivity contribution in [3.05, 3.63) is 84.5 Å². The summed E-state index contributed by atoms with van der Waals surface area (Å²) in [7, 11) is -1.14. The second-order valence-corrected chi connectivity index (χ2v) is 14.0. The summed E-state index contributed by atoms with van der Waals surface area (Å²) in [6, 6.07) is 21.5. The second-order valence-electron chi connectivity index (χ2n) is 9.70. The molecule has 0 N–H and O–H groups in total. The van der Waals surface area contributed by atoms with Crippen LogP contribution >= 0.6 is 0 Å². The Bertz CT molecular complexity index is 902. The highest BCUT2D eigenvalue weighted by molar-refractivity contribution is 6.99. The first-order valence-electron chi connectivity index (χ1n) is 11.5. The number of methoxy groups -OCH3 is 1. The fraction of sp³-hybridized carbons (Fsp3) is 0.393. The van der Waals surface area contributed by atoms with E-state index in [1.807, 2.05) is 6.92 Å². The lowest BCUT2D eigenvalue weighted by atomic mass is 9.79. The first-order chi connectivity index (χ1) is 15.3. The standard InChI is InChI=1S/C28H36O3Si/c1-22(20-27(29)30-5)26-19-13-12-14-23(26)21-31-32(28(2,3)4,24-15-8-6-9-16-24)25-17-10-7-11-18-25/h6-13,15-18,20,23,26H,14,19,21H2,1-5H3/b22-20-/t23-,26+/m1/s1. The van der Waals surface area contributed by atoms with Gasteiger partial charge < -0.3 is 9.16 Å². The maximum atomic E-state index is 11.8. The molecule has 170 valence electrons. The van der Waals surface area contributed by atoms with Gasteiger partial charge in [0.2, 0.25) is 0 Å². The number of benzene rings is 2. The summed E-state index contributed by atoms with van der Waals surface area (Å²) in [6.07, 6.45) is 7.99. The first-order valence-corrected chi connectivity index (χ1v) is 13.4. The Morgan fingerprint density at radius 2 is 1.50 bits per heavy atom. The van der Waals surface area contributed by atoms with Crippen molar-refractivity contribution < 1.29 is 14.0 Å². The molecule has 1 aliphatic rings. The van der Waals surface area contributed by atoms with Gasteiger partial charge in [0, 0.05) is 12.7 Å². The Morgan fingerprint density at radius 1 is 0.969 bits per heavy atom. The SMILES string of the molecule is COC(=O)/C=C(/C)[C@@H]1CC=CC[C@@H]1CO[Si](c1ccccc1)(c1ccccc1)C(C)(C)C. The molecule has 0 saturated heterocycles. The molecule has 32 heavy (non-hydrogen) atoms. The van der Waals surface area contributed by atoms with Crippen molar-refractivity contribution in [2.75, 3.05) is 13.7 Å². The van der Waals surface area contributed by atoms with E-state index < -0.39 is 8.32 Å². The van der Waals surface area contributed by atoms with Gasteiger partial charge in [-0.3, -0.25) is 0 Å². The average Bonchev–Trinajstić information content (AvgIpc) is 2.80. The first kappa shape index (κ1) is 24.2. The van der Waals surface area contributed by atoms with Crippen LogP contribution in [0.1, 0.15) is 40.5 Å². The van der Waals surface area contributed by atoms with Crippen LogP contribution in [-0.2, 0) is 14.0 Å². The van der Waals surface area contributed by atoms with E-state index in [1.54, 1.807) is 6.08 Å². The third kappa shape index (κ3) is 5.13. The summed E-state index contributed by atoms with van der Waals surface area (Å²) in [6.45, 7) is 9.62. The summed E-state index contributed by atoms with van der Waals surface area (Å²) < 4.78 is 12.0. The van der Waals surface area contributed by atoms with Gasteiger partial charge in [-0.25, -0.2) is 4.79 Å². The zero-order valence-electron chi connectivity index (χ0n) is 20.0. The number of hydrogen-bond acceptors (Lipinski definition) is 3. The van der Waals surface area contributed by atoms with Crippen LogP contribution in [0, 0.1) is 11.8 Å². The summed E-state index contributed by atoms with van der Waals surface area (Å²) in [5, 5.41) is 2.54. The predicted molar refractivity (Wildman–Crippen MR) is 135 cm³/mol. The molecule has 0 amide bonds. The van der Waals surface area contributed by atoms with Crippen LogP contribution in [-0.4, -0.2) is 28.0 Å². The van der Waals surface area contributed by atoms with Crippen molar-refractivity contribution in [1.82, 2.24) is 0 Å². The number of allylic oxidation sites excluding steroid dienone is 3. The van der Waals surface area contributed by atoms with Crippen molar-refractivity contribution in [3.8, 4) is 0 Å². The van der Waals surface area contributed by atoms with Crippen LogP contribution < -0.4 is 10.4 Å². The molecule has 2 aromatic rings. The normalized spacial score (nSPS) is 19.6. The fourth-order valence-electron chi connectivity index (χ4n) is 4.96. The Balaban J connectivity index is 1.99. The van der Waals surface area contributed by atoms with E-state index in [4.69, 9.17) is 9.16 Å². The Kier molecular flexibility index (Phi) is 7.91. The van der Waals surface area contributed by atoms with E-state index in [0.29, 0.717) is 12.5 Å². The van der Waals surface area contributed by atoms with Gasteiger partial charge in [-0.05, 0) is 47.0 Å². The molecule has 0 radical (unpaired) electrons. The molecule has 2 aromatic carbocycles. The van der Waals surface area contributed by atoms with Gasteiger partial charge in [0.25, 0.3) is 8.32 Å². The third-order valence-electron chi connectivity index (χ3n) is 6.63. The molecule has 4 heteroatoms. The Hall–Kier alpha value is -2.43. The summed E-state index contributed by atoms with van der Waals surface area (Å²) in [5.74, 6) is 0.309. The van der Waals surface area contributed by atoms with Gasteiger partial charge in [0.15, 0.2) is 0 Å². The molecular weight excluding hydrogens is 412 g/mol.